The number of sulfonamides is 1. The van der Waals surface area contributed by atoms with Crippen molar-refractivity contribution in [3.8, 4) is 17.0 Å². The molecule has 142 valence electrons. The number of benzene rings is 2. The van der Waals surface area contributed by atoms with E-state index in [1.54, 1.807) is 36.4 Å². The molecule has 3 aromatic rings. The fourth-order valence-electron chi connectivity index (χ4n) is 2.37. The molecule has 0 saturated carbocycles. The lowest BCUT2D eigenvalue weighted by molar-refractivity contribution is 0.145. The number of hydrogen-bond acceptors (Lipinski definition) is 4. The number of methoxy groups -OCH3 is 1. The summed E-state index contributed by atoms with van der Waals surface area (Å²) in [6, 6.07) is 13.6. The number of hydrogen-bond donors (Lipinski definition) is 1. The highest BCUT2D eigenvalue weighted by atomic mass is 79.9. The average Bonchev–Trinajstić information content (AvgIpc) is 3.06. The molecular weight excluding hydrogens is 444 g/mol. The molecule has 0 amide bonds. The summed E-state index contributed by atoms with van der Waals surface area (Å²) in [6.45, 7) is 0. The second kappa shape index (κ2) is 7.65. The van der Waals surface area contributed by atoms with E-state index in [1.165, 1.54) is 19.2 Å². The lowest BCUT2D eigenvalue weighted by atomic mass is 10.1. The van der Waals surface area contributed by atoms with Crippen LogP contribution in [0, 0.1) is 0 Å². The van der Waals surface area contributed by atoms with Gasteiger partial charge in [0.15, 0.2) is 0 Å². The zero-order chi connectivity index (χ0) is 19.6. The molecular formula is C17H14BrF2N3O3S. The maximum atomic E-state index is 13.1. The number of nitrogens with one attached hydrogen (secondary N) is 1. The van der Waals surface area contributed by atoms with E-state index in [9.17, 15) is 17.2 Å². The summed E-state index contributed by atoms with van der Waals surface area (Å²) in [7, 11) is -2.52. The quantitative estimate of drug-likeness (QED) is 0.602. The van der Waals surface area contributed by atoms with E-state index in [-0.39, 0.29) is 10.6 Å². The maximum Gasteiger partial charge on any atom is 0.282 e. The Morgan fingerprint density at radius 2 is 1.85 bits per heavy atom. The van der Waals surface area contributed by atoms with Crippen LogP contribution in [0.4, 0.5) is 8.78 Å². The van der Waals surface area contributed by atoms with Crippen LogP contribution >= 0.6 is 15.9 Å². The molecule has 0 atom stereocenters. The molecule has 3 rings (SSSR count). The van der Waals surface area contributed by atoms with E-state index >= 15 is 0 Å². The van der Waals surface area contributed by atoms with Crippen LogP contribution in [0.5, 0.6) is 5.75 Å². The Morgan fingerprint density at radius 3 is 2.44 bits per heavy atom. The summed E-state index contributed by atoms with van der Waals surface area (Å²) in [5, 5.41) is 3.70. The third-order valence-electron chi connectivity index (χ3n) is 3.66. The Bertz CT molecular complexity index is 1060. The second-order valence-electron chi connectivity index (χ2n) is 5.42. The number of aromatic nitrogens is 2. The Labute approximate surface area is 162 Å². The molecule has 1 N–H and O–H groups in total. The van der Waals surface area contributed by atoms with Gasteiger partial charge in [0.05, 0.1) is 22.2 Å². The zero-order valence-electron chi connectivity index (χ0n) is 13.9. The SMILES string of the molecule is COc1ccc(-c2cc(C(F)F)nn2NS(=O)(=O)c2ccccc2)cc1Br. The average molecular weight is 458 g/mol. The van der Waals surface area contributed by atoms with Crippen molar-refractivity contribution < 1.29 is 21.9 Å². The third kappa shape index (κ3) is 4.11. The smallest absolute Gasteiger partial charge is 0.282 e. The molecule has 27 heavy (non-hydrogen) atoms. The molecule has 0 aliphatic carbocycles. The summed E-state index contributed by atoms with van der Waals surface area (Å²) in [5.41, 5.74) is 0.0821. The van der Waals surface area contributed by atoms with E-state index in [0.717, 1.165) is 10.9 Å². The highest BCUT2D eigenvalue weighted by molar-refractivity contribution is 9.10. The van der Waals surface area contributed by atoms with E-state index in [2.05, 4.69) is 25.9 Å². The molecule has 0 spiro atoms. The molecule has 0 aliphatic heterocycles. The van der Waals surface area contributed by atoms with Gasteiger partial charge in [-0.2, -0.15) is 23.1 Å². The van der Waals surface area contributed by atoms with Gasteiger partial charge in [-0.25, -0.2) is 8.78 Å². The number of ether oxygens (including phenoxy) is 1. The number of halogens is 3. The van der Waals surface area contributed by atoms with E-state index < -0.39 is 22.1 Å². The van der Waals surface area contributed by atoms with Gasteiger partial charge < -0.3 is 4.74 Å². The molecule has 0 radical (unpaired) electrons. The third-order valence-corrected chi connectivity index (χ3v) is 5.59. The van der Waals surface area contributed by atoms with Crippen molar-refractivity contribution in [1.29, 1.82) is 0 Å². The van der Waals surface area contributed by atoms with Crippen LogP contribution in [-0.2, 0) is 10.0 Å². The Balaban J connectivity index is 2.06. The minimum absolute atomic E-state index is 0.0130. The molecule has 0 unspecified atom stereocenters. The lowest BCUT2D eigenvalue weighted by Crippen LogP contribution is -2.25. The highest BCUT2D eigenvalue weighted by Crippen LogP contribution is 2.32. The van der Waals surface area contributed by atoms with Crippen molar-refractivity contribution in [1.82, 2.24) is 9.89 Å². The monoisotopic (exact) mass is 457 g/mol. The normalized spacial score (nSPS) is 11.6. The van der Waals surface area contributed by atoms with Gasteiger partial charge in [-0.1, -0.05) is 18.2 Å². The van der Waals surface area contributed by atoms with Crippen molar-refractivity contribution in [2.24, 2.45) is 0 Å². The Kier molecular flexibility index (Phi) is 5.47. The van der Waals surface area contributed by atoms with Gasteiger partial charge in [-0.05, 0) is 52.3 Å². The van der Waals surface area contributed by atoms with E-state index in [0.29, 0.717) is 15.8 Å². The fourth-order valence-corrected chi connectivity index (χ4v) is 3.90. The number of alkyl halides is 2. The second-order valence-corrected chi connectivity index (χ2v) is 7.94. The van der Waals surface area contributed by atoms with Gasteiger partial charge in [-0.15, -0.1) is 0 Å². The van der Waals surface area contributed by atoms with E-state index in [1.807, 2.05) is 0 Å². The maximum absolute atomic E-state index is 13.1. The molecule has 0 fully saturated rings. The molecule has 1 aromatic heterocycles. The van der Waals surface area contributed by atoms with Crippen LogP contribution in [-0.4, -0.2) is 25.4 Å². The molecule has 0 bridgehead atoms. The molecule has 0 aliphatic rings. The zero-order valence-corrected chi connectivity index (χ0v) is 16.3. The van der Waals surface area contributed by atoms with Crippen molar-refractivity contribution in [3.05, 3.63) is 64.8 Å². The van der Waals surface area contributed by atoms with Crippen molar-refractivity contribution >= 4 is 26.0 Å². The molecule has 10 heteroatoms. The summed E-state index contributed by atoms with van der Waals surface area (Å²) in [5.74, 6) is 0.545. The van der Waals surface area contributed by atoms with Crippen molar-refractivity contribution in [3.63, 3.8) is 0 Å². The predicted molar refractivity (Wildman–Crippen MR) is 99.9 cm³/mol. The minimum Gasteiger partial charge on any atom is -0.496 e. The summed E-state index contributed by atoms with van der Waals surface area (Å²) in [6.07, 6.45) is -2.85. The van der Waals surface area contributed by atoms with Crippen molar-refractivity contribution in [2.75, 3.05) is 11.9 Å². The Morgan fingerprint density at radius 1 is 1.15 bits per heavy atom. The van der Waals surface area contributed by atoms with Gasteiger partial charge in [0.1, 0.15) is 11.4 Å². The van der Waals surface area contributed by atoms with Gasteiger partial charge in [0.25, 0.3) is 16.4 Å². The molecule has 0 saturated heterocycles. The summed E-state index contributed by atoms with van der Waals surface area (Å²) in [4.78, 5) is 3.04. The van der Waals surface area contributed by atoms with E-state index in [4.69, 9.17) is 4.74 Å². The topological polar surface area (TPSA) is 73.2 Å². The molecule has 1 heterocycles. The van der Waals surface area contributed by atoms with Crippen molar-refractivity contribution in [2.45, 2.75) is 11.3 Å². The van der Waals surface area contributed by atoms with Crippen LogP contribution in [0.25, 0.3) is 11.3 Å². The summed E-state index contributed by atoms with van der Waals surface area (Å²) >= 11 is 3.32. The first-order chi connectivity index (χ1) is 12.8. The van der Waals surface area contributed by atoms with Gasteiger partial charge in [-0.3, -0.25) is 0 Å². The number of rotatable bonds is 6. The van der Waals surface area contributed by atoms with Crippen LogP contribution in [0.3, 0.4) is 0 Å². The predicted octanol–water partition coefficient (Wildman–Crippen LogP) is 4.19. The number of nitrogens with zero attached hydrogens (tertiary/aromatic N) is 2. The van der Waals surface area contributed by atoms with Gasteiger partial charge in [0.2, 0.25) is 0 Å². The minimum atomic E-state index is -4.01. The first kappa shape index (κ1) is 19.3. The van der Waals surface area contributed by atoms with Crippen LogP contribution in [0.2, 0.25) is 0 Å². The largest absolute Gasteiger partial charge is 0.496 e. The first-order valence-electron chi connectivity index (χ1n) is 7.61. The fraction of sp³-hybridized carbons (Fsp3) is 0.118. The molecule has 6 nitrogen and oxygen atoms in total. The standard InChI is InChI=1S/C17H14BrF2N3O3S/c1-26-16-8-7-11(9-13(16)18)15-10-14(17(19)20)21-23(15)22-27(24,25)12-5-3-2-4-6-12/h2-10,17,22H,1H3. The summed E-state index contributed by atoms with van der Waals surface area (Å²) < 4.78 is 57.1. The van der Waals surface area contributed by atoms with Crippen LogP contribution in [0.15, 0.2) is 64.0 Å². The van der Waals surface area contributed by atoms with Gasteiger partial charge in [0, 0.05) is 5.56 Å². The molecule has 2 aromatic carbocycles. The van der Waals surface area contributed by atoms with Crippen LogP contribution in [0.1, 0.15) is 12.1 Å². The highest BCUT2D eigenvalue weighted by Gasteiger charge is 2.21. The van der Waals surface area contributed by atoms with Gasteiger partial charge >= 0.3 is 0 Å². The first-order valence-corrected chi connectivity index (χ1v) is 9.89. The van der Waals surface area contributed by atoms with Crippen LogP contribution < -0.4 is 9.57 Å². The lowest BCUT2D eigenvalue weighted by Gasteiger charge is -2.12. The Hall–Kier alpha value is -2.46.